The van der Waals surface area contributed by atoms with Gasteiger partial charge in [-0.3, -0.25) is 0 Å². The summed E-state index contributed by atoms with van der Waals surface area (Å²) < 4.78 is 2.00. The molecule has 0 amide bonds. The summed E-state index contributed by atoms with van der Waals surface area (Å²) in [5.41, 5.74) is 8.76. The Kier molecular flexibility index (Phi) is 2.72. The second kappa shape index (κ2) is 3.79. The largest absolute Gasteiger partial charge is 0.384 e. The van der Waals surface area contributed by atoms with E-state index in [1.54, 1.807) is 0 Å². The van der Waals surface area contributed by atoms with Crippen molar-refractivity contribution in [3.8, 4) is 0 Å². The molecule has 3 nitrogen and oxygen atoms in total. The molecule has 0 aliphatic heterocycles. The van der Waals surface area contributed by atoms with Crippen LogP contribution in [0, 0.1) is 5.92 Å². The van der Waals surface area contributed by atoms with Gasteiger partial charge in [0, 0.05) is 5.56 Å². The molecule has 1 aliphatic carbocycles. The van der Waals surface area contributed by atoms with Crippen molar-refractivity contribution in [2.24, 2.45) is 5.92 Å². The fraction of sp³-hybridized carbons (Fsp3) is 0.769. The highest BCUT2D eigenvalue weighted by Gasteiger charge is 2.27. The van der Waals surface area contributed by atoms with Crippen molar-refractivity contribution in [1.82, 2.24) is 9.78 Å². The van der Waals surface area contributed by atoms with Gasteiger partial charge in [-0.15, -0.1) is 0 Å². The highest BCUT2D eigenvalue weighted by Crippen LogP contribution is 2.33. The monoisotopic (exact) mass is 221 g/mol. The van der Waals surface area contributed by atoms with Crippen molar-refractivity contribution in [2.75, 3.05) is 5.73 Å². The van der Waals surface area contributed by atoms with Crippen LogP contribution in [-0.4, -0.2) is 9.78 Å². The lowest BCUT2D eigenvalue weighted by Crippen LogP contribution is -2.25. The molecule has 2 N–H and O–H groups in total. The fourth-order valence-corrected chi connectivity index (χ4v) is 2.53. The van der Waals surface area contributed by atoms with Crippen LogP contribution in [0.15, 0.2) is 0 Å². The Labute approximate surface area is 98.0 Å². The molecule has 1 heterocycles. The molecule has 0 saturated carbocycles. The van der Waals surface area contributed by atoms with Gasteiger partial charge in [0.2, 0.25) is 0 Å². The molecule has 3 heteroatoms. The molecule has 1 unspecified atom stereocenters. The number of rotatable bonds is 1. The van der Waals surface area contributed by atoms with Crippen LogP contribution in [0.4, 0.5) is 5.82 Å². The second-order valence-corrected chi connectivity index (χ2v) is 5.91. The molecule has 1 aromatic rings. The quantitative estimate of drug-likeness (QED) is 0.792. The first-order chi connectivity index (χ1) is 7.43. The number of hydrogen-bond donors (Lipinski definition) is 1. The summed E-state index contributed by atoms with van der Waals surface area (Å²) >= 11 is 0. The summed E-state index contributed by atoms with van der Waals surface area (Å²) in [6.45, 7) is 8.72. The van der Waals surface area contributed by atoms with Gasteiger partial charge in [0.05, 0.1) is 11.2 Å². The van der Waals surface area contributed by atoms with Crippen molar-refractivity contribution in [1.29, 1.82) is 0 Å². The summed E-state index contributed by atoms with van der Waals surface area (Å²) in [4.78, 5) is 0. The van der Waals surface area contributed by atoms with Gasteiger partial charge in [0.25, 0.3) is 0 Å². The standard InChI is InChI=1S/C13H23N3/c1-5-9-6-7-11-10(8-9)12(14)16(15-11)13(2,3)4/h9H,5-8,14H2,1-4H3. The van der Waals surface area contributed by atoms with Crippen LogP contribution in [0.3, 0.4) is 0 Å². The van der Waals surface area contributed by atoms with E-state index in [4.69, 9.17) is 5.73 Å². The highest BCUT2D eigenvalue weighted by molar-refractivity contribution is 5.45. The Balaban J connectivity index is 2.38. The lowest BCUT2D eigenvalue weighted by Gasteiger charge is -2.21. The Morgan fingerprint density at radius 3 is 2.69 bits per heavy atom. The Hall–Kier alpha value is -0.990. The van der Waals surface area contributed by atoms with Crippen LogP contribution in [0.1, 0.15) is 51.8 Å². The Morgan fingerprint density at radius 2 is 2.12 bits per heavy atom. The van der Waals surface area contributed by atoms with Gasteiger partial charge in [-0.2, -0.15) is 5.10 Å². The predicted octanol–water partition coefficient (Wildman–Crippen LogP) is 2.74. The molecule has 1 atom stereocenters. The molecule has 1 aromatic heterocycles. The molecule has 16 heavy (non-hydrogen) atoms. The van der Waals surface area contributed by atoms with E-state index in [0.717, 1.165) is 24.6 Å². The summed E-state index contributed by atoms with van der Waals surface area (Å²) in [6.07, 6.45) is 4.73. The molecule has 1 aliphatic rings. The van der Waals surface area contributed by atoms with E-state index in [9.17, 15) is 0 Å². The number of nitrogen functional groups attached to an aromatic ring is 1. The SMILES string of the molecule is CCC1CCc2nn(C(C)(C)C)c(N)c2C1. The number of aromatic nitrogens is 2. The van der Waals surface area contributed by atoms with Gasteiger partial charge in [0.15, 0.2) is 0 Å². The second-order valence-electron chi connectivity index (χ2n) is 5.91. The fourth-order valence-electron chi connectivity index (χ4n) is 2.53. The van der Waals surface area contributed by atoms with Crippen LogP contribution in [0.25, 0.3) is 0 Å². The Morgan fingerprint density at radius 1 is 1.44 bits per heavy atom. The van der Waals surface area contributed by atoms with Crippen molar-refractivity contribution in [2.45, 2.75) is 58.9 Å². The minimum absolute atomic E-state index is 0.0108. The summed E-state index contributed by atoms with van der Waals surface area (Å²) in [7, 11) is 0. The molecule has 0 spiro atoms. The molecule has 0 saturated heterocycles. The van der Waals surface area contributed by atoms with Gasteiger partial charge in [0.1, 0.15) is 5.82 Å². The average molecular weight is 221 g/mol. The van der Waals surface area contributed by atoms with E-state index >= 15 is 0 Å². The third kappa shape index (κ3) is 1.83. The maximum absolute atomic E-state index is 6.23. The number of nitrogens with zero attached hydrogens (tertiary/aromatic N) is 2. The lowest BCUT2D eigenvalue weighted by atomic mass is 9.86. The van der Waals surface area contributed by atoms with Crippen molar-refractivity contribution in [3.63, 3.8) is 0 Å². The first-order valence-electron chi connectivity index (χ1n) is 6.30. The van der Waals surface area contributed by atoms with Crippen LogP contribution >= 0.6 is 0 Å². The maximum atomic E-state index is 6.23. The van der Waals surface area contributed by atoms with E-state index in [0.29, 0.717) is 0 Å². The predicted molar refractivity (Wildman–Crippen MR) is 67.4 cm³/mol. The third-order valence-corrected chi connectivity index (χ3v) is 3.60. The molecule has 2 rings (SSSR count). The van der Waals surface area contributed by atoms with E-state index in [1.807, 2.05) is 4.68 Å². The minimum atomic E-state index is -0.0108. The molecular weight excluding hydrogens is 198 g/mol. The maximum Gasteiger partial charge on any atom is 0.125 e. The van der Waals surface area contributed by atoms with Gasteiger partial charge in [-0.05, 0) is 46.0 Å². The highest BCUT2D eigenvalue weighted by atomic mass is 15.3. The zero-order chi connectivity index (χ0) is 11.9. The number of hydrogen-bond acceptors (Lipinski definition) is 2. The van der Waals surface area contributed by atoms with Crippen molar-refractivity contribution >= 4 is 5.82 Å². The van der Waals surface area contributed by atoms with Crippen LogP contribution in [-0.2, 0) is 18.4 Å². The summed E-state index contributed by atoms with van der Waals surface area (Å²) in [5.74, 6) is 1.69. The van der Waals surface area contributed by atoms with Crippen molar-refractivity contribution in [3.05, 3.63) is 11.3 Å². The molecular formula is C13H23N3. The lowest BCUT2D eigenvalue weighted by molar-refractivity contribution is 0.358. The molecule has 90 valence electrons. The number of aryl methyl sites for hydroxylation is 1. The zero-order valence-electron chi connectivity index (χ0n) is 10.9. The first kappa shape index (κ1) is 11.5. The number of anilines is 1. The first-order valence-corrected chi connectivity index (χ1v) is 6.30. The average Bonchev–Trinajstić information content (AvgIpc) is 2.55. The van der Waals surface area contributed by atoms with Gasteiger partial charge >= 0.3 is 0 Å². The smallest absolute Gasteiger partial charge is 0.125 e. The number of nitrogens with two attached hydrogens (primary N) is 1. The van der Waals surface area contributed by atoms with Gasteiger partial charge in [-0.25, -0.2) is 4.68 Å². The van der Waals surface area contributed by atoms with E-state index in [2.05, 4.69) is 32.8 Å². The van der Waals surface area contributed by atoms with E-state index in [1.165, 1.54) is 24.1 Å². The van der Waals surface area contributed by atoms with E-state index in [-0.39, 0.29) is 5.54 Å². The van der Waals surface area contributed by atoms with Crippen molar-refractivity contribution < 1.29 is 0 Å². The van der Waals surface area contributed by atoms with Gasteiger partial charge < -0.3 is 5.73 Å². The zero-order valence-corrected chi connectivity index (χ0v) is 10.9. The van der Waals surface area contributed by atoms with Gasteiger partial charge in [-0.1, -0.05) is 13.3 Å². The molecule has 0 fully saturated rings. The van der Waals surface area contributed by atoms with Crippen LogP contribution < -0.4 is 5.73 Å². The number of fused-ring (bicyclic) bond motifs is 1. The Bertz CT molecular complexity index is 385. The van der Waals surface area contributed by atoms with Crippen LogP contribution in [0.5, 0.6) is 0 Å². The topological polar surface area (TPSA) is 43.8 Å². The molecule has 0 bridgehead atoms. The summed E-state index contributed by atoms with van der Waals surface area (Å²) in [6, 6.07) is 0. The summed E-state index contributed by atoms with van der Waals surface area (Å²) in [5, 5.41) is 4.68. The third-order valence-electron chi connectivity index (χ3n) is 3.60. The molecule has 0 aromatic carbocycles. The normalized spacial score (nSPS) is 20.9. The molecule has 0 radical (unpaired) electrons. The van der Waals surface area contributed by atoms with Crippen LogP contribution in [0.2, 0.25) is 0 Å². The van der Waals surface area contributed by atoms with E-state index < -0.39 is 0 Å². The minimum Gasteiger partial charge on any atom is -0.384 e.